The molecule has 32 heavy (non-hydrogen) atoms. The summed E-state index contributed by atoms with van der Waals surface area (Å²) in [4.78, 5) is 27.3. The topological polar surface area (TPSA) is 79.3 Å². The minimum absolute atomic E-state index is 0.0936. The molecule has 2 aromatic rings. The van der Waals surface area contributed by atoms with Crippen LogP contribution in [-0.4, -0.2) is 51.7 Å². The third-order valence-corrected chi connectivity index (χ3v) is 6.09. The number of aryl methyl sites for hydroxylation is 1. The van der Waals surface area contributed by atoms with Crippen LogP contribution in [0.15, 0.2) is 30.3 Å². The van der Waals surface area contributed by atoms with Crippen molar-refractivity contribution in [3.63, 3.8) is 0 Å². The van der Waals surface area contributed by atoms with Crippen LogP contribution < -0.4 is 10.6 Å². The SMILES string of the molecule is Cc1cc(NC(=O)C(=O)NC2CCN(C3CCCC3)C2)n(-c2cccc(C(F)(F)F)c2)n1. The minimum atomic E-state index is -4.50. The quantitative estimate of drug-likeness (QED) is 0.703. The first-order valence-corrected chi connectivity index (χ1v) is 10.8. The van der Waals surface area contributed by atoms with E-state index in [0.29, 0.717) is 11.7 Å². The van der Waals surface area contributed by atoms with E-state index in [1.807, 2.05) is 0 Å². The number of rotatable bonds is 4. The van der Waals surface area contributed by atoms with Crippen LogP contribution in [0, 0.1) is 6.92 Å². The summed E-state index contributed by atoms with van der Waals surface area (Å²) in [6.07, 6.45) is 1.12. The van der Waals surface area contributed by atoms with Gasteiger partial charge in [-0.15, -0.1) is 0 Å². The fraction of sp³-hybridized carbons (Fsp3) is 0.500. The first kappa shape index (κ1) is 22.3. The molecule has 1 unspecified atom stereocenters. The number of halogens is 3. The van der Waals surface area contributed by atoms with E-state index in [0.717, 1.165) is 31.6 Å². The molecule has 4 rings (SSSR count). The predicted octanol–water partition coefficient (Wildman–Crippen LogP) is 3.27. The highest BCUT2D eigenvalue weighted by Gasteiger charge is 2.32. The van der Waals surface area contributed by atoms with Crippen LogP contribution in [0.2, 0.25) is 0 Å². The molecule has 1 aliphatic carbocycles. The molecule has 1 aliphatic heterocycles. The molecule has 1 saturated heterocycles. The molecule has 1 atom stereocenters. The Bertz CT molecular complexity index is 998. The monoisotopic (exact) mass is 449 g/mol. The Hall–Kier alpha value is -2.88. The number of aromatic nitrogens is 2. The van der Waals surface area contributed by atoms with Gasteiger partial charge in [0.25, 0.3) is 0 Å². The molecule has 0 spiro atoms. The third-order valence-electron chi connectivity index (χ3n) is 6.09. The largest absolute Gasteiger partial charge is 0.416 e. The van der Waals surface area contributed by atoms with E-state index in [2.05, 4.69) is 20.6 Å². The number of carbonyl (C=O) groups is 2. The van der Waals surface area contributed by atoms with Gasteiger partial charge in [0.2, 0.25) is 0 Å². The van der Waals surface area contributed by atoms with Gasteiger partial charge in [-0.1, -0.05) is 18.9 Å². The molecule has 2 N–H and O–H groups in total. The lowest BCUT2D eigenvalue weighted by Gasteiger charge is -2.23. The maximum Gasteiger partial charge on any atom is 0.416 e. The van der Waals surface area contributed by atoms with Crippen molar-refractivity contribution in [2.45, 2.75) is 57.3 Å². The fourth-order valence-electron chi connectivity index (χ4n) is 4.53. The van der Waals surface area contributed by atoms with Gasteiger partial charge in [0.15, 0.2) is 0 Å². The highest BCUT2D eigenvalue weighted by molar-refractivity contribution is 6.39. The van der Waals surface area contributed by atoms with Gasteiger partial charge in [0.05, 0.1) is 16.9 Å². The first-order valence-electron chi connectivity index (χ1n) is 10.8. The zero-order valence-corrected chi connectivity index (χ0v) is 17.8. The van der Waals surface area contributed by atoms with Crippen molar-refractivity contribution >= 4 is 17.6 Å². The molecule has 0 bridgehead atoms. The molecule has 2 aliphatic rings. The van der Waals surface area contributed by atoms with Crippen LogP contribution >= 0.6 is 0 Å². The van der Waals surface area contributed by atoms with Crippen LogP contribution in [0.5, 0.6) is 0 Å². The summed E-state index contributed by atoms with van der Waals surface area (Å²) in [6.45, 7) is 3.28. The molecule has 1 aromatic heterocycles. The van der Waals surface area contributed by atoms with Gasteiger partial charge in [-0.05, 0) is 44.4 Å². The highest BCUT2D eigenvalue weighted by atomic mass is 19.4. The van der Waals surface area contributed by atoms with Crippen LogP contribution in [-0.2, 0) is 15.8 Å². The summed E-state index contributed by atoms with van der Waals surface area (Å²) in [6, 6.07) is 6.60. The van der Waals surface area contributed by atoms with Crippen LogP contribution in [0.4, 0.5) is 19.0 Å². The summed E-state index contributed by atoms with van der Waals surface area (Å²) in [5, 5.41) is 9.43. The lowest BCUT2D eigenvalue weighted by Crippen LogP contribution is -2.44. The number of amides is 2. The molecule has 7 nitrogen and oxygen atoms in total. The molecule has 10 heteroatoms. The van der Waals surface area contributed by atoms with Crippen molar-refractivity contribution in [1.29, 1.82) is 0 Å². The Morgan fingerprint density at radius 2 is 1.84 bits per heavy atom. The number of anilines is 1. The zero-order valence-electron chi connectivity index (χ0n) is 17.8. The Morgan fingerprint density at radius 1 is 1.09 bits per heavy atom. The summed E-state index contributed by atoms with van der Waals surface area (Å²) >= 11 is 0. The summed E-state index contributed by atoms with van der Waals surface area (Å²) < 4.78 is 40.4. The number of hydrogen-bond donors (Lipinski definition) is 2. The van der Waals surface area contributed by atoms with Crippen LogP contribution in [0.25, 0.3) is 5.69 Å². The predicted molar refractivity (Wildman–Crippen MR) is 112 cm³/mol. The molecular formula is C22H26F3N5O2. The molecule has 1 saturated carbocycles. The van der Waals surface area contributed by atoms with E-state index in [1.165, 1.54) is 48.6 Å². The molecule has 2 fully saturated rings. The normalized spacial score (nSPS) is 19.9. The second-order valence-corrected chi connectivity index (χ2v) is 8.48. The van der Waals surface area contributed by atoms with E-state index in [-0.39, 0.29) is 17.5 Å². The van der Waals surface area contributed by atoms with Crippen LogP contribution in [0.3, 0.4) is 0 Å². The second-order valence-electron chi connectivity index (χ2n) is 8.48. The lowest BCUT2D eigenvalue weighted by molar-refractivity contribution is -0.137. The number of benzene rings is 1. The number of carbonyl (C=O) groups excluding carboxylic acids is 2. The number of nitrogens with one attached hydrogen (secondary N) is 2. The summed E-state index contributed by atoms with van der Waals surface area (Å²) in [7, 11) is 0. The average Bonchev–Trinajstić information content (AvgIpc) is 3.48. The van der Waals surface area contributed by atoms with Gasteiger partial charge in [0, 0.05) is 31.2 Å². The number of alkyl halides is 3. The maximum atomic E-state index is 13.1. The molecule has 172 valence electrons. The Kier molecular flexibility index (Phi) is 6.23. The lowest BCUT2D eigenvalue weighted by atomic mass is 10.2. The van der Waals surface area contributed by atoms with Gasteiger partial charge in [-0.25, -0.2) is 4.68 Å². The van der Waals surface area contributed by atoms with Crippen molar-refractivity contribution in [2.75, 3.05) is 18.4 Å². The molecule has 1 aromatic carbocycles. The van der Waals surface area contributed by atoms with Crippen molar-refractivity contribution in [3.05, 3.63) is 41.6 Å². The average molecular weight is 449 g/mol. The molecule has 2 amide bonds. The van der Waals surface area contributed by atoms with E-state index < -0.39 is 23.6 Å². The van der Waals surface area contributed by atoms with Gasteiger partial charge in [-0.2, -0.15) is 18.3 Å². The second kappa shape index (κ2) is 8.93. The summed E-state index contributed by atoms with van der Waals surface area (Å²) in [5.74, 6) is -1.52. The number of hydrogen-bond acceptors (Lipinski definition) is 4. The van der Waals surface area contributed by atoms with Gasteiger partial charge in [0.1, 0.15) is 5.82 Å². The highest BCUT2D eigenvalue weighted by Crippen LogP contribution is 2.31. The van der Waals surface area contributed by atoms with Crippen LogP contribution in [0.1, 0.15) is 43.4 Å². The number of nitrogens with zero attached hydrogens (tertiary/aromatic N) is 3. The molecule has 0 radical (unpaired) electrons. The van der Waals surface area contributed by atoms with Crippen molar-refractivity contribution in [2.24, 2.45) is 0 Å². The van der Waals surface area contributed by atoms with Crippen molar-refractivity contribution in [3.8, 4) is 5.69 Å². The summed E-state index contributed by atoms with van der Waals surface area (Å²) in [5.41, 5.74) is -0.209. The zero-order chi connectivity index (χ0) is 22.9. The fourth-order valence-corrected chi connectivity index (χ4v) is 4.53. The Balaban J connectivity index is 1.41. The maximum absolute atomic E-state index is 13.1. The first-order chi connectivity index (χ1) is 15.2. The molecule has 2 heterocycles. The van der Waals surface area contributed by atoms with Gasteiger partial charge >= 0.3 is 18.0 Å². The van der Waals surface area contributed by atoms with E-state index >= 15 is 0 Å². The Morgan fingerprint density at radius 3 is 2.56 bits per heavy atom. The minimum Gasteiger partial charge on any atom is -0.344 e. The van der Waals surface area contributed by atoms with Crippen molar-refractivity contribution < 1.29 is 22.8 Å². The van der Waals surface area contributed by atoms with Gasteiger partial charge in [-0.3, -0.25) is 14.5 Å². The van der Waals surface area contributed by atoms with Gasteiger partial charge < -0.3 is 10.6 Å². The van der Waals surface area contributed by atoms with E-state index in [4.69, 9.17) is 0 Å². The molecular weight excluding hydrogens is 423 g/mol. The smallest absolute Gasteiger partial charge is 0.344 e. The third kappa shape index (κ3) is 4.95. The van der Waals surface area contributed by atoms with E-state index in [1.54, 1.807) is 6.92 Å². The Labute approximate surface area is 184 Å². The standard InChI is InChI=1S/C22H26F3N5O2/c1-14-11-19(30(28-14)18-8-4-5-15(12-18)22(23,24)25)27-21(32)20(31)26-16-9-10-29(13-16)17-6-2-3-7-17/h4-5,8,11-12,16-17H,2-3,6-7,9-10,13H2,1H3,(H,26,31)(H,27,32). The van der Waals surface area contributed by atoms with E-state index in [9.17, 15) is 22.8 Å². The van der Waals surface area contributed by atoms with Crippen molar-refractivity contribution in [1.82, 2.24) is 20.0 Å². The number of likely N-dealkylation sites (tertiary alicyclic amines) is 1.